The van der Waals surface area contributed by atoms with Gasteiger partial charge in [-0.15, -0.1) is 0 Å². The van der Waals surface area contributed by atoms with Crippen LogP contribution in [0.5, 0.6) is 0 Å². The van der Waals surface area contributed by atoms with Gasteiger partial charge in [-0.3, -0.25) is 4.79 Å². The van der Waals surface area contributed by atoms with Gasteiger partial charge in [-0.2, -0.15) is 0 Å². The van der Waals surface area contributed by atoms with Crippen molar-refractivity contribution in [1.82, 2.24) is 5.32 Å². The average molecular weight is 1110 g/mol. The number of hydrogen-bond donors (Lipinski definition) is 3. The minimum Gasteiger partial charge on any atom is -0.394 e. The molecule has 0 saturated heterocycles. The first-order valence-corrected chi connectivity index (χ1v) is 33.8. The molecule has 3 N–H and O–H groups in total. The van der Waals surface area contributed by atoms with E-state index in [0.29, 0.717) is 6.42 Å². The Morgan fingerprint density at radius 2 is 0.556 bits per heavy atom. The Kier molecular flexibility index (Phi) is 66.3. The number of aliphatic hydroxyl groups is 2. The number of hydrogen-bond acceptors (Lipinski definition) is 3. The fourth-order valence-electron chi connectivity index (χ4n) is 9.35. The van der Waals surface area contributed by atoms with Crippen molar-refractivity contribution in [3.8, 4) is 0 Å². The van der Waals surface area contributed by atoms with Crippen molar-refractivity contribution in [2.45, 2.75) is 302 Å². The molecule has 2 unspecified atom stereocenters. The zero-order chi connectivity index (χ0) is 58.4. The SMILES string of the molecule is CC/C=C\C/C=C\C/C=C\C/C=C\C/C=C\C/C=C\C/C=C\C/C=C\C/C=C\C/C=C\C/C=C\C/C=C\CCCCC(=O)NC(CO)C(O)/C=C/CC/C=C/CCCCCCCCCCCCCCCCCCCCCCCCCC. The van der Waals surface area contributed by atoms with Crippen LogP contribution >= 0.6 is 0 Å². The van der Waals surface area contributed by atoms with E-state index in [1.807, 2.05) is 6.08 Å². The van der Waals surface area contributed by atoms with Crippen LogP contribution in [0.1, 0.15) is 290 Å². The highest BCUT2D eigenvalue weighted by atomic mass is 16.3. The third kappa shape index (κ3) is 66.4. The topological polar surface area (TPSA) is 69.6 Å². The molecule has 1 amide bonds. The minimum atomic E-state index is -0.896. The highest BCUT2D eigenvalue weighted by molar-refractivity contribution is 5.76. The van der Waals surface area contributed by atoms with Crippen molar-refractivity contribution in [1.29, 1.82) is 0 Å². The van der Waals surface area contributed by atoms with Crippen molar-refractivity contribution < 1.29 is 15.0 Å². The smallest absolute Gasteiger partial charge is 0.220 e. The molecule has 0 aliphatic rings. The van der Waals surface area contributed by atoms with Crippen molar-refractivity contribution in [3.63, 3.8) is 0 Å². The molecule has 0 bridgehead atoms. The second kappa shape index (κ2) is 70.0. The quantitative estimate of drug-likeness (QED) is 0.0420. The van der Waals surface area contributed by atoms with Crippen LogP contribution in [-0.2, 0) is 4.79 Å². The fourth-order valence-corrected chi connectivity index (χ4v) is 9.35. The van der Waals surface area contributed by atoms with Gasteiger partial charge in [0.15, 0.2) is 0 Å². The standard InChI is InChI=1S/C77H127NO3/c1-3-5-7-9-11-13-15-17-19-21-23-25-27-29-31-33-35-36-37-38-39-40-41-42-43-45-47-49-51-53-55-57-59-61-63-65-67-69-71-73-77(81)78-75(74-79)76(80)72-70-68-66-64-62-60-58-56-54-52-50-48-46-44-34-32-30-28-26-24-22-20-18-16-14-12-10-8-6-4-2/h5,7,11,13,17,19,23,25,29,31,35-36,38-39,41-42,45,47,51,53,57,59,62-65,70,72,75-76,79-80H,3-4,6,8-10,12,14-16,18,20-22,24,26-28,30,32-34,37,40,43-44,46,48-50,52,54-56,58,60-61,66-69,71,73-74H2,1-2H3,(H,78,81)/b7-5-,13-11-,19-17-,25-23-,31-29-,36-35-,39-38-,42-41-,47-45-,53-51-,59-57-,64-62+,65-63-,72-70+. The maximum absolute atomic E-state index is 12.5. The van der Waals surface area contributed by atoms with E-state index in [1.54, 1.807) is 6.08 Å². The molecule has 458 valence electrons. The average Bonchev–Trinajstić information content (AvgIpc) is 3.47. The summed E-state index contributed by atoms with van der Waals surface area (Å²) in [5.41, 5.74) is 0. The maximum Gasteiger partial charge on any atom is 0.220 e. The predicted molar refractivity (Wildman–Crippen MR) is 363 cm³/mol. The van der Waals surface area contributed by atoms with Crippen LogP contribution in [-0.4, -0.2) is 34.9 Å². The lowest BCUT2D eigenvalue weighted by Gasteiger charge is -2.19. The summed E-state index contributed by atoms with van der Waals surface area (Å²) < 4.78 is 0. The van der Waals surface area contributed by atoms with Crippen molar-refractivity contribution in [2.75, 3.05) is 6.61 Å². The van der Waals surface area contributed by atoms with E-state index < -0.39 is 12.1 Å². The molecule has 0 aromatic carbocycles. The van der Waals surface area contributed by atoms with Crippen molar-refractivity contribution in [2.24, 2.45) is 0 Å². The number of unbranched alkanes of at least 4 members (excludes halogenated alkanes) is 27. The van der Waals surface area contributed by atoms with E-state index in [2.05, 4.69) is 177 Å². The fraction of sp³-hybridized carbons (Fsp3) is 0.623. The van der Waals surface area contributed by atoms with Crippen molar-refractivity contribution in [3.05, 3.63) is 170 Å². The molecule has 2 atom stereocenters. The first kappa shape index (κ1) is 76.8. The molecule has 0 radical (unpaired) electrons. The van der Waals surface area contributed by atoms with Crippen LogP contribution in [0.3, 0.4) is 0 Å². The van der Waals surface area contributed by atoms with Gasteiger partial charge in [0.25, 0.3) is 0 Å². The molecule has 0 saturated carbocycles. The number of carbonyl (C=O) groups excluding carboxylic acids is 1. The number of allylic oxidation sites excluding steroid dienone is 27. The van der Waals surface area contributed by atoms with Gasteiger partial charge in [-0.05, 0) is 122 Å². The summed E-state index contributed by atoms with van der Waals surface area (Å²) in [5, 5.41) is 23.2. The highest BCUT2D eigenvalue weighted by Crippen LogP contribution is 2.16. The Labute approximate surface area is 502 Å². The van der Waals surface area contributed by atoms with Gasteiger partial charge in [0.1, 0.15) is 0 Å². The Bertz CT molecular complexity index is 1740. The van der Waals surface area contributed by atoms with Gasteiger partial charge in [0.2, 0.25) is 5.91 Å². The zero-order valence-electron chi connectivity index (χ0n) is 52.7. The molecular formula is C77H127NO3. The van der Waals surface area contributed by atoms with Gasteiger partial charge in [-0.25, -0.2) is 0 Å². The predicted octanol–water partition coefficient (Wildman–Crippen LogP) is 23.4. The zero-order valence-corrected chi connectivity index (χ0v) is 52.7. The molecule has 0 heterocycles. The lowest BCUT2D eigenvalue weighted by atomic mass is 10.0. The van der Waals surface area contributed by atoms with Crippen LogP contribution in [0.4, 0.5) is 0 Å². The normalized spacial score (nSPS) is 13.9. The molecule has 0 aliphatic carbocycles. The lowest BCUT2D eigenvalue weighted by molar-refractivity contribution is -0.123. The number of carbonyl (C=O) groups is 1. The van der Waals surface area contributed by atoms with Crippen LogP contribution in [0.2, 0.25) is 0 Å². The van der Waals surface area contributed by atoms with Gasteiger partial charge in [-0.1, -0.05) is 332 Å². The summed E-state index contributed by atoms with van der Waals surface area (Å²) in [7, 11) is 0. The Morgan fingerprint density at radius 1 is 0.309 bits per heavy atom. The molecule has 0 rings (SSSR count). The van der Waals surface area contributed by atoms with Crippen molar-refractivity contribution >= 4 is 5.91 Å². The first-order chi connectivity index (χ1) is 40.2. The second-order valence-electron chi connectivity index (χ2n) is 22.1. The maximum atomic E-state index is 12.5. The molecular weight excluding hydrogens is 987 g/mol. The van der Waals surface area contributed by atoms with Gasteiger partial charge in [0, 0.05) is 6.42 Å². The number of rotatable bonds is 60. The van der Waals surface area contributed by atoms with E-state index in [9.17, 15) is 15.0 Å². The van der Waals surface area contributed by atoms with Gasteiger partial charge >= 0.3 is 0 Å². The third-order valence-corrected chi connectivity index (χ3v) is 14.4. The number of nitrogens with one attached hydrogen (secondary N) is 1. The molecule has 4 nitrogen and oxygen atoms in total. The van der Waals surface area contributed by atoms with E-state index in [1.165, 1.54) is 154 Å². The molecule has 0 aliphatic heterocycles. The van der Waals surface area contributed by atoms with Gasteiger partial charge in [0.05, 0.1) is 18.8 Å². The molecule has 0 fully saturated rings. The lowest BCUT2D eigenvalue weighted by Crippen LogP contribution is -2.45. The van der Waals surface area contributed by atoms with Crippen LogP contribution in [0, 0.1) is 0 Å². The summed E-state index contributed by atoms with van der Waals surface area (Å²) in [5.74, 6) is -0.121. The third-order valence-electron chi connectivity index (χ3n) is 14.4. The Morgan fingerprint density at radius 3 is 0.864 bits per heavy atom. The molecule has 0 aromatic rings. The van der Waals surface area contributed by atoms with Crippen LogP contribution < -0.4 is 5.32 Å². The summed E-state index contributed by atoms with van der Waals surface area (Å²) in [4.78, 5) is 12.5. The summed E-state index contributed by atoms with van der Waals surface area (Å²) >= 11 is 0. The van der Waals surface area contributed by atoms with E-state index in [0.717, 1.165) is 116 Å². The molecule has 81 heavy (non-hydrogen) atoms. The monoisotopic (exact) mass is 1110 g/mol. The second-order valence-corrected chi connectivity index (χ2v) is 22.1. The largest absolute Gasteiger partial charge is 0.394 e. The summed E-state index contributed by atoms with van der Waals surface area (Å²) in [6, 6.07) is -0.678. The van der Waals surface area contributed by atoms with Gasteiger partial charge < -0.3 is 15.5 Å². The summed E-state index contributed by atoms with van der Waals surface area (Å²) in [6.07, 6.45) is 113. The van der Waals surface area contributed by atoms with E-state index in [-0.39, 0.29) is 12.5 Å². The Hall–Kier alpha value is -4.25. The Balaban J connectivity index is 3.69. The molecule has 0 spiro atoms. The number of amides is 1. The number of aliphatic hydroxyl groups excluding tert-OH is 2. The van der Waals surface area contributed by atoms with Crippen LogP contribution in [0.15, 0.2) is 170 Å². The van der Waals surface area contributed by atoms with E-state index in [4.69, 9.17) is 0 Å². The van der Waals surface area contributed by atoms with Crippen LogP contribution in [0.25, 0.3) is 0 Å². The highest BCUT2D eigenvalue weighted by Gasteiger charge is 2.18. The molecule has 4 heteroatoms. The first-order valence-electron chi connectivity index (χ1n) is 33.8. The molecule has 0 aromatic heterocycles. The minimum absolute atomic E-state index is 0.121. The summed E-state index contributed by atoms with van der Waals surface area (Å²) in [6.45, 7) is 4.18. The van der Waals surface area contributed by atoms with E-state index >= 15 is 0 Å².